The lowest BCUT2D eigenvalue weighted by Crippen LogP contribution is -2.22. The molecular weight excluding hydrogens is 320 g/mol. The first-order valence-corrected chi connectivity index (χ1v) is 7.71. The van der Waals surface area contributed by atoms with Gasteiger partial charge in [-0.1, -0.05) is 6.07 Å². The van der Waals surface area contributed by atoms with Gasteiger partial charge in [-0.3, -0.25) is 14.4 Å². The maximum atomic E-state index is 12.0. The molecule has 2 aromatic carbocycles. The van der Waals surface area contributed by atoms with E-state index in [-0.39, 0.29) is 24.3 Å². The van der Waals surface area contributed by atoms with Crippen LogP contribution in [0, 0.1) is 0 Å². The van der Waals surface area contributed by atoms with Crippen LogP contribution in [0.3, 0.4) is 0 Å². The summed E-state index contributed by atoms with van der Waals surface area (Å²) in [5.74, 6) is -0.564. The zero-order valence-electron chi connectivity index (χ0n) is 14.1. The van der Waals surface area contributed by atoms with Gasteiger partial charge in [0.25, 0.3) is 5.91 Å². The Morgan fingerprint density at radius 3 is 2.20 bits per heavy atom. The van der Waals surface area contributed by atoms with E-state index >= 15 is 0 Å². The number of anilines is 3. The van der Waals surface area contributed by atoms with Crippen molar-refractivity contribution in [3.8, 4) is 0 Å². The van der Waals surface area contributed by atoms with Crippen LogP contribution in [0.1, 0.15) is 17.3 Å². The molecule has 0 aliphatic carbocycles. The summed E-state index contributed by atoms with van der Waals surface area (Å²) in [6.45, 7) is 1.50. The Morgan fingerprint density at radius 1 is 0.880 bits per heavy atom. The van der Waals surface area contributed by atoms with Crippen LogP contribution in [0.2, 0.25) is 0 Å². The van der Waals surface area contributed by atoms with Gasteiger partial charge in [-0.25, -0.2) is 0 Å². The Labute approximate surface area is 145 Å². The van der Waals surface area contributed by atoms with Crippen LogP contribution < -0.4 is 21.3 Å². The van der Waals surface area contributed by atoms with Crippen molar-refractivity contribution in [2.24, 2.45) is 0 Å². The number of carbonyl (C=O) groups excluding carboxylic acids is 3. The van der Waals surface area contributed by atoms with Crippen LogP contribution in [0.5, 0.6) is 0 Å². The molecule has 0 aliphatic rings. The average Bonchev–Trinajstić information content (AvgIpc) is 2.60. The summed E-state index contributed by atoms with van der Waals surface area (Å²) in [7, 11) is 1.56. The SMILES string of the molecule is CNC(=O)c1ccc(NC(=O)CNc2cccc(NC(C)=O)c2)cc1. The average molecular weight is 340 g/mol. The van der Waals surface area contributed by atoms with Gasteiger partial charge in [-0.05, 0) is 42.5 Å². The predicted molar refractivity (Wildman–Crippen MR) is 97.7 cm³/mol. The molecule has 0 aliphatic heterocycles. The molecule has 7 heteroatoms. The van der Waals surface area contributed by atoms with Crippen LogP contribution in [0.25, 0.3) is 0 Å². The van der Waals surface area contributed by atoms with E-state index in [1.807, 2.05) is 0 Å². The standard InChI is InChI=1S/C18H20N4O3/c1-12(23)21-16-5-3-4-15(10-16)20-11-17(24)22-14-8-6-13(7-9-14)18(25)19-2/h3-10,20H,11H2,1-2H3,(H,19,25)(H,21,23)(H,22,24). The summed E-state index contributed by atoms with van der Waals surface area (Å²) in [5.41, 5.74) is 2.50. The van der Waals surface area contributed by atoms with Crippen molar-refractivity contribution in [1.29, 1.82) is 0 Å². The molecular formula is C18H20N4O3. The van der Waals surface area contributed by atoms with E-state index in [0.29, 0.717) is 16.9 Å². The molecule has 0 bridgehead atoms. The summed E-state index contributed by atoms with van der Waals surface area (Å²) in [6, 6.07) is 13.7. The minimum absolute atomic E-state index is 0.0702. The quantitative estimate of drug-likeness (QED) is 0.647. The number of hydrogen-bond donors (Lipinski definition) is 4. The van der Waals surface area contributed by atoms with Gasteiger partial charge in [0.1, 0.15) is 0 Å². The molecule has 0 atom stereocenters. The van der Waals surface area contributed by atoms with Crippen LogP contribution >= 0.6 is 0 Å². The third-order valence-electron chi connectivity index (χ3n) is 3.29. The van der Waals surface area contributed by atoms with Gasteiger partial charge in [-0.15, -0.1) is 0 Å². The number of benzene rings is 2. The molecule has 0 spiro atoms. The predicted octanol–water partition coefficient (Wildman–Crippen LogP) is 2.06. The number of carbonyl (C=O) groups is 3. The molecule has 25 heavy (non-hydrogen) atoms. The molecule has 0 saturated heterocycles. The zero-order valence-corrected chi connectivity index (χ0v) is 14.1. The monoisotopic (exact) mass is 340 g/mol. The third kappa shape index (κ3) is 5.65. The Balaban J connectivity index is 1.88. The highest BCUT2D eigenvalue weighted by molar-refractivity contribution is 5.96. The van der Waals surface area contributed by atoms with E-state index in [9.17, 15) is 14.4 Å². The molecule has 0 aromatic heterocycles. The molecule has 4 N–H and O–H groups in total. The molecule has 0 heterocycles. The van der Waals surface area contributed by atoms with Gasteiger partial charge < -0.3 is 21.3 Å². The van der Waals surface area contributed by atoms with E-state index in [1.54, 1.807) is 55.6 Å². The fraction of sp³-hybridized carbons (Fsp3) is 0.167. The molecule has 7 nitrogen and oxygen atoms in total. The summed E-state index contributed by atoms with van der Waals surface area (Å²) < 4.78 is 0. The molecule has 0 fully saturated rings. The van der Waals surface area contributed by atoms with Crippen molar-refractivity contribution < 1.29 is 14.4 Å². The molecule has 2 rings (SSSR count). The Kier molecular flexibility index (Phi) is 6.11. The molecule has 0 radical (unpaired) electrons. The fourth-order valence-corrected chi connectivity index (χ4v) is 2.15. The summed E-state index contributed by atoms with van der Waals surface area (Å²) in [4.78, 5) is 34.5. The van der Waals surface area contributed by atoms with Crippen molar-refractivity contribution >= 4 is 34.8 Å². The fourth-order valence-electron chi connectivity index (χ4n) is 2.15. The highest BCUT2D eigenvalue weighted by Gasteiger charge is 2.05. The van der Waals surface area contributed by atoms with Crippen molar-refractivity contribution in [3.05, 3.63) is 54.1 Å². The van der Waals surface area contributed by atoms with Crippen LogP contribution in [0.15, 0.2) is 48.5 Å². The second kappa shape index (κ2) is 8.49. The maximum Gasteiger partial charge on any atom is 0.251 e. The first-order chi connectivity index (χ1) is 12.0. The maximum absolute atomic E-state index is 12.0. The summed E-state index contributed by atoms with van der Waals surface area (Å²) >= 11 is 0. The second-order valence-corrected chi connectivity index (χ2v) is 5.32. The van der Waals surface area contributed by atoms with Crippen molar-refractivity contribution in [1.82, 2.24) is 5.32 Å². The Hall–Kier alpha value is -3.35. The van der Waals surface area contributed by atoms with Crippen molar-refractivity contribution in [2.75, 3.05) is 29.5 Å². The van der Waals surface area contributed by atoms with Crippen molar-refractivity contribution in [2.45, 2.75) is 6.92 Å². The largest absolute Gasteiger partial charge is 0.376 e. The lowest BCUT2D eigenvalue weighted by atomic mass is 10.2. The van der Waals surface area contributed by atoms with Crippen LogP contribution in [0.4, 0.5) is 17.1 Å². The van der Waals surface area contributed by atoms with Gasteiger partial charge in [-0.2, -0.15) is 0 Å². The Bertz CT molecular complexity index is 772. The molecule has 0 saturated carbocycles. The van der Waals surface area contributed by atoms with Crippen LogP contribution in [-0.2, 0) is 9.59 Å². The highest BCUT2D eigenvalue weighted by Crippen LogP contribution is 2.15. The zero-order chi connectivity index (χ0) is 18.2. The van der Waals surface area contributed by atoms with Gasteiger partial charge in [0.05, 0.1) is 6.54 Å². The topological polar surface area (TPSA) is 99.3 Å². The van der Waals surface area contributed by atoms with Crippen molar-refractivity contribution in [3.63, 3.8) is 0 Å². The molecule has 3 amide bonds. The van der Waals surface area contributed by atoms with Gasteiger partial charge in [0, 0.05) is 36.6 Å². The molecule has 130 valence electrons. The lowest BCUT2D eigenvalue weighted by Gasteiger charge is -2.10. The van der Waals surface area contributed by atoms with E-state index < -0.39 is 0 Å². The number of rotatable bonds is 6. The number of amides is 3. The highest BCUT2D eigenvalue weighted by atomic mass is 16.2. The van der Waals surface area contributed by atoms with Gasteiger partial charge in [0.15, 0.2) is 0 Å². The van der Waals surface area contributed by atoms with E-state index in [0.717, 1.165) is 5.69 Å². The van der Waals surface area contributed by atoms with E-state index in [1.165, 1.54) is 6.92 Å². The minimum atomic E-state index is -0.224. The van der Waals surface area contributed by atoms with E-state index in [2.05, 4.69) is 21.3 Å². The third-order valence-corrected chi connectivity index (χ3v) is 3.29. The smallest absolute Gasteiger partial charge is 0.251 e. The molecule has 2 aromatic rings. The second-order valence-electron chi connectivity index (χ2n) is 5.32. The van der Waals surface area contributed by atoms with Gasteiger partial charge in [0.2, 0.25) is 11.8 Å². The summed E-state index contributed by atoms with van der Waals surface area (Å²) in [5, 5.41) is 10.9. The minimum Gasteiger partial charge on any atom is -0.376 e. The first kappa shape index (κ1) is 18.0. The normalized spacial score (nSPS) is 9.84. The van der Waals surface area contributed by atoms with E-state index in [4.69, 9.17) is 0 Å². The lowest BCUT2D eigenvalue weighted by molar-refractivity contribution is -0.115. The molecule has 0 unspecified atom stereocenters. The van der Waals surface area contributed by atoms with Gasteiger partial charge >= 0.3 is 0 Å². The van der Waals surface area contributed by atoms with Crippen LogP contribution in [-0.4, -0.2) is 31.3 Å². The first-order valence-electron chi connectivity index (χ1n) is 7.71. The Morgan fingerprint density at radius 2 is 1.56 bits per heavy atom. The number of nitrogens with one attached hydrogen (secondary N) is 4. The number of hydrogen-bond acceptors (Lipinski definition) is 4. The summed E-state index contributed by atoms with van der Waals surface area (Å²) in [6.07, 6.45) is 0.